The fourth-order valence-electron chi connectivity index (χ4n) is 0.949. The van der Waals surface area contributed by atoms with E-state index >= 15 is 0 Å². The summed E-state index contributed by atoms with van der Waals surface area (Å²) in [7, 11) is 0. The van der Waals surface area contributed by atoms with Crippen LogP contribution in [0.3, 0.4) is 0 Å². The van der Waals surface area contributed by atoms with E-state index in [1.54, 1.807) is 13.1 Å². The quantitative estimate of drug-likeness (QED) is 0.727. The number of nitrogens with one attached hydrogen (secondary N) is 1. The smallest absolute Gasteiger partial charge is 0.147 e. The van der Waals surface area contributed by atoms with E-state index in [4.69, 9.17) is 5.11 Å². The summed E-state index contributed by atoms with van der Waals surface area (Å²) in [4.78, 5) is 8.41. The fraction of sp³-hybridized carbons (Fsp3) is 0.556. The molecule has 1 rings (SSSR count). The molecule has 1 heterocycles. The van der Waals surface area contributed by atoms with Crippen LogP contribution in [0.2, 0.25) is 0 Å². The number of aliphatic hydroxyl groups excluding tert-OH is 1. The average molecular weight is 181 g/mol. The Bertz CT molecular complexity index is 286. The first-order valence-electron chi connectivity index (χ1n) is 4.32. The second kappa shape index (κ2) is 4.18. The van der Waals surface area contributed by atoms with Gasteiger partial charge in [0.25, 0.3) is 0 Å². The number of rotatable bonds is 3. The van der Waals surface area contributed by atoms with Gasteiger partial charge in [-0.05, 0) is 20.8 Å². The molecule has 1 aromatic heterocycles. The van der Waals surface area contributed by atoms with Crippen molar-refractivity contribution in [3.05, 3.63) is 17.6 Å². The Morgan fingerprint density at radius 1 is 1.54 bits per heavy atom. The predicted molar refractivity (Wildman–Crippen MR) is 51.7 cm³/mol. The predicted octanol–water partition coefficient (Wildman–Crippen LogP) is 0.886. The van der Waals surface area contributed by atoms with Gasteiger partial charge in [0.2, 0.25) is 0 Å². The third-order valence-corrected chi connectivity index (χ3v) is 1.64. The summed E-state index contributed by atoms with van der Waals surface area (Å²) < 4.78 is 0. The van der Waals surface area contributed by atoms with Crippen LogP contribution in [0.25, 0.3) is 0 Å². The Labute approximate surface area is 78.0 Å². The van der Waals surface area contributed by atoms with Crippen molar-refractivity contribution in [2.75, 3.05) is 11.9 Å². The van der Waals surface area contributed by atoms with Gasteiger partial charge in [-0.15, -0.1) is 0 Å². The molecule has 0 spiro atoms. The third-order valence-electron chi connectivity index (χ3n) is 1.64. The van der Waals surface area contributed by atoms with E-state index in [2.05, 4.69) is 15.3 Å². The molecule has 0 radical (unpaired) electrons. The van der Waals surface area contributed by atoms with Gasteiger partial charge >= 0.3 is 0 Å². The zero-order chi connectivity index (χ0) is 9.84. The summed E-state index contributed by atoms with van der Waals surface area (Å²) in [5.41, 5.74) is 1.73. The molecule has 1 unspecified atom stereocenters. The highest BCUT2D eigenvalue weighted by Gasteiger charge is 2.02. The molecular weight excluding hydrogens is 166 g/mol. The van der Waals surface area contributed by atoms with E-state index in [9.17, 15) is 0 Å². The van der Waals surface area contributed by atoms with Crippen LogP contribution in [-0.4, -0.2) is 27.7 Å². The van der Waals surface area contributed by atoms with Gasteiger partial charge in [-0.2, -0.15) is 0 Å². The van der Waals surface area contributed by atoms with E-state index < -0.39 is 0 Å². The van der Waals surface area contributed by atoms with Gasteiger partial charge in [-0.3, -0.25) is 4.98 Å². The molecule has 0 aliphatic carbocycles. The van der Waals surface area contributed by atoms with E-state index in [-0.39, 0.29) is 6.10 Å². The molecule has 0 aliphatic rings. The second-order valence-corrected chi connectivity index (χ2v) is 3.18. The van der Waals surface area contributed by atoms with Gasteiger partial charge < -0.3 is 10.4 Å². The lowest BCUT2D eigenvalue weighted by Gasteiger charge is -2.09. The topological polar surface area (TPSA) is 58.0 Å². The molecule has 0 amide bonds. The fourth-order valence-corrected chi connectivity index (χ4v) is 0.949. The lowest BCUT2D eigenvalue weighted by atomic mass is 10.3. The number of aromatic nitrogens is 2. The number of hydrogen-bond acceptors (Lipinski definition) is 4. The number of anilines is 1. The summed E-state index contributed by atoms with van der Waals surface area (Å²) in [6.07, 6.45) is 1.35. The van der Waals surface area contributed by atoms with Crippen molar-refractivity contribution in [1.29, 1.82) is 0 Å². The molecule has 0 saturated carbocycles. The van der Waals surface area contributed by atoms with Crippen molar-refractivity contribution in [2.45, 2.75) is 26.9 Å². The van der Waals surface area contributed by atoms with Crippen LogP contribution in [0.1, 0.15) is 18.3 Å². The largest absolute Gasteiger partial charge is 0.392 e. The molecule has 2 N–H and O–H groups in total. The van der Waals surface area contributed by atoms with E-state index in [1.807, 2.05) is 13.8 Å². The van der Waals surface area contributed by atoms with E-state index in [0.29, 0.717) is 6.54 Å². The lowest BCUT2D eigenvalue weighted by molar-refractivity contribution is 0.208. The van der Waals surface area contributed by atoms with Crippen molar-refractivity contribution in [1.82, 2.24) is 9.97 Å². The Morgan fingerprint density at radius 2 is 2.23 bits per heavy atom. The molecule has 0 saturated heterocycles. The first-order chi connectivity index (χ1) is 6.09. The molecule has 13 heavy (non-hydrogen) atoms. The zero-order valence-corrected chi connectivity index (χ0v) is 8.20. The molecule has 1 aromatic rings. The molecule has 72 valence electrons. The first-order valence-corrected chi connectivity index (χ1v) is 4.32. The van der Waals surface area contributed by atoms with Crippen LogP contribution in [0.5, 0.6) is 0 Å². The first kappa shape index (κ1) is 9.92. The van der Waals surface area contributed by atoms with Gasteiger partial charge in [-0.25, -0.2) is 4.98 Å². The van der Waals surface area contributed by atoms with Crippen molar-refractivity contribution in [3.8, 4) is 0 Å². The third kappa shape index (κ3) is 2.99. The minimum atomic E-state index is -0.373. The summed E-state index contributed by atoms with van der Waals surface area (Å²) in [5, 5.41) is 12.1. The van der Waals surface area contributed by atoms with E-state index in [0.717, 1.165) is 17.2 Å². The molecule has 4 nitrogen and oxygen atoms in total. The molecule has 0 bridgehead atoms. The van der Waals surface area contributed by atoms with Crippen LogP contribution >= 0.6 is 0 Å². The van der Waals surface area contributed by atoms with Crippen molar-refractivity contribution >= 4 is 5.82 Å². The molecule has 0 aromatic carbocycles. The Kier molecular flexibility index (Phi) is 3.19. The van der Waals surface area contributed by atoms with E-state index in [1.165, 1.54) is 0 Å². The monoisotopic (exact) mass is 181 g/mol. The van der Waals surface area contributed by atoms with Gasteiger partial charge in [0, 0.05) is 12.7 Å². The number of aryl methyl sites for hydroxylation is 2. The summed E-state index contributed by atoms with van der Waals surface area (Å²) >= 11 is 0. The average Bonchev–Trinajstić information content (AvgIpc) is 2.06. The normalized spacial score (nSPS) is 12.6. The zero-order valence-electron chi connectivity index (χ0n) is 8.20. The Balaban J connectivity index is 2.70. The summed E-state index contributed by atoms with van der Waals surface area (Å²) in [6, 6.07) is 0. The maximum atomic E-state index is 9.06. The highest BCUT2D eigenvalue weighted by atomic mass is 16.3. The van der Waals surface area contributed by atoms with Crippen LogP contribution in [0.15, 0.2) is 6.20 Å². The Morgan fingerprint density at radius 3 is 2.85 bits per heavy atom. The van der Waals surface area contributed by atoms with Crippen molar-refractivity contribution in [3.63, 3.8) is 0 Å². The summed E-state index contributed by atoms with van der Waals surface area (Å²) in [5.74, 6) is 0.751. The maximum absolute atomic E-state index is 9.06. The van der Waals surface area contributed by atoms with Crippen LogP contribution in [0, 0.1) is 13.8 Å². The van der Waals surface area contributed by atoms with Crippen molar-refractivity contribution in [2.24, 2.45) is 0 Å². The SMILES string of the molecule is Cc1cnc(C)c(NCC(C)O)n1. The molecule has 0 aliphatic heterocycles. The summed E-state index contributed by atoms with van der Waals surface area (Å²) in [6.45, 7) is 6.00. The minimum Gasteiger partial charge on any atom is -0.392 e. The molecule has 4 heteroatoms. The number of hydrogen-bond donors (Lipinski definition) is 2. The number of nitrogens with zero attached hydrogens (tertiary/aromatic N) is 2. The molecule has 0 fully saturated rings. The maximum Gasteiger partial charge on any atom is 0.147 e. The van der Waals surface area contributed by atoms with Crippen LogP contribution in [-0.2, 0) is 0 Å². The van der Waals surface area contributed by atoms with Crippen LogP contribution < -0.4 is 5.32 Å². The van der Waals surface area contributed by atoms with Crippen molar-refractivity contribution < 1.29 is 5.11 Å². The molecular formula is C9H15N3O. The Hall–Kier alpha value is -1.16. The highest BCUT2D eigenvalue weighted by molar-refractivity contribution is 5.39. The van der Waals surface area contributed by atoms with Crippen LogP contribution in [0.4, 0.5) is 5.82 Å². The second-order valence-electron chi connectivity index (χ2n) is 3.18. The lowest BCUT2D eigenvalue weighted by Crippen LogP contribution is -2.17. The standard InChI is InChI=1S/C9H15N3O/c1-6-4-10-8(3)9(12-6)11-5-7(2)13/h4,7,13H,5H2,1-3H3,(H,11,12). The van der Waals surface area contributed by atoms with Gasteiger partial charge in [-0.1, -0.05) is 0 Å². The van der Waals surface area contributed by atoms with Gasteiger partial charge in [0.05, 0.1) is 17.5 Å². The highest BCUT2D eigenvalue weighted by Crippen LogP contribution is 2.07. The molecule has 1 atom stereocenters. The van der Waals surface area contributed by atoms with Gasteiger partial charge in [0.15, 0.2) is 0 Å². The van der Waals surface area contributed by atoms with Gasteiger partial charge in [0.1, 0.15) is 5.82 Å². The minimum absolute atomic E-state index is 0.373. The number of aliphatic hydroxyl groups is 1.